The van der Waals surface area contributed by atoms with Crippen molar-refractivity contribution < 1.29 is 0 Å². The fourth-order valence-electron chi connectivity index (χ4n) is 1.85. The molecule has 0 fully saturated rings. The topological polar surface area (TPSA) is 41.1 Å². The van der Waals surface area contributed by atoms with E-state index in [1.807, 2.05) is 0 Å². The van der Waals surface area contributed by atoms with Crippen LogP contribution in [-0.4, -0.2) is 41.0 Å². The third-order valence-electron chi connectivity index (χ3n) is 3.34. The average molecular weight is 299 g/mol. The quantitative estimate of drug-likeness (QED) is 0.558. The molecule has 114 valence electrons. The molecule has 5 heteroatoms. The monoisotopic (exact) mass is 298 g/mol. The van der Waals surface area contributed by atoms with E-state index in [9.17, 15) is 0 Å². The van der Waals surface area contributed by atoms with Gasteiger partial charge in [-0.1, -0.05) is 18.5 Å². The second-order valence-electron chi connectivity index (χ2n) is 5.45. The summed E-state index contributed by atoms with van der Waals surface area (Å²) in [5.74, 6) is 1.66. The molecule has 1 heterocycles. The van der Waals surface area contributed by atoms with E-state index in [2.05, 4.69) is 48.0 Å². The van der Waals surface area contributed by atoms with Crippen molar-refractivity contribution in [3.63, 3.8) is 0 Å². The SMILES string of the molecule is CCCc1nc(Cl)cc(NCCCCN(C)C(C)C)n1. The largest absolute Gasteiger partial charge is 0.370 e. The molecule has 0 saturated heterocycles. The lowest BCUT2D eigenvalue weighted by Gasteiger charge is -2.20. The van der Waals surface area contributed by atoms with Crippen LogP contribution in [0.25, 0.3) is 0 Å². The van der Waals surface area contributed by atoms with Gasteiger partial charge in [0, 0.05) is 25.1 Å². The van der Waals surface area contributed by atoms with Gasteiger partial charge < -0.3 is 10.2 Å². The molecule has 4 nitrogen and oxygen atoms in total. The highest BCUT2D eigenvalue weighted by molar-refractivity contribution is 6.29. The zero-order valence-electron chi connectivity index (χ0n) is 13.1. The van der Waals surface area contributed by atoms with Crippen molar-refractivity contribution in [2.24, 2.45) is 0 Å². The van der Waals surface area contributed by atoms with Gasteiger partial charge in [-0.2, -0.15) is 0 Å². The van der Waals surface area contributed by atoms with E-state index >= 15 is 0 Å². The Kier molecular flexibility index (Phi) is 7.85. The minimum atomic E-state index is 0.519. The smallest absolute Gasteiger partial charge is 0.134 e. The minimum Gasteiger partial charge on any atom is -0.370 e. The number of halogens is 1. The number of hydrogen-bond donors (Lipinski definition) is 1. The molecule has 0 aliphatic heterocycles. The summed E-state index contributed by atoms with van der Waals surface area (Å²) < 4.78 is 0. The van der Waals surface area contributed by atoms with Gasteiger partial charge in [-0.05, 0) is 46.7 Å². The summed E-state index contributed by atoms with van der Waals surface area (Å²) in [6.07, 6.45) is 4.21. The molecule has 0 unspecified atom stereocenters. The van der Waals surface area contributed by atoms with Crippen molar-refractivity contribution in [2.75, 3.05) is 25.5 Å². The second kappa shape index (κ2) is 9.14. The highest BCUT2D eigenvalue weighted by Crippen LogP contribution is 2.12. The summed E-state index contributed by atoms with van der Waals surface area (Å²) in [5.41, 5.74) is 0. The van der Waals surface area contributed by atoms with Gasteiger partial charge in [-0.25, -0.2) is 9.97 Å². The van der Waals surface area contributed by atoms with Crippen LogP contribution in [0, 0.1) is 0 Å². The fraction of sp³-hybridized carbons (Fsp3) is 0.733. The molecule has 0 aromatic carbocycles. The Morgan fingerprint density at radius 2 is 2.05 bits per heavy atom. The van der Waals surface area contributed by atoms with Crippen LogP contribution in [0.5, 0.6) is 0 Å². The zero-order chi connectivity index (χ0) is 15.0. The van der Waals surface area contributed by atoms with Crippen molar-refractivity contribution in [3.8, 4) is 0 Å². The number of anilines is 1. The minimum absolute atomic E-state index is 0.519. The van der Waals surface area contributed by atoms with Crippen LogP contribution in [-0.2, 0) is 6.42 Å². The van der Waals surface area contributed by atoms with E-state index in [-0.39, 0.29) is 0 Å². The van der Waals surface area contributed by atoms with Gasteiger partial charge in [-0.15, -0.1) is 0 Å². The highest BCUT2D eigenvalue weighted by atomic mass is 35.5. The van der Waals surface area contributed by atoms with E-state index in [0.29, 0.717) is 11.2 Å². The molecule has 0 bridgehead atoms. The Bertz CT molecular complexity index is 395. The Morgan fingerprint density at radius 1 is 1.30 bits per heavy atom. The van der Waals surface area contributed by atoms with Gasteiger partial charge in [0.2, 0.25) is 0 Å². The van der Waals surface area contributed by atoms with Crippen LogP contribution >= 0.6 is 11.6 Å². The zero-order valence-corrected chi connectivity index (χ0v) is 13.9. The molecular formula is C15H27ClN4. The van der Waals surface area contributed by atoms with Crippen molar-refractivity contribution in [1.29, 1.82) is 0 Å². The molecule has 0 aliphatic rings. The molecular weight excluding hydrogens is 272 g/mol. The summed E-state index contributed by atoms with van der Waals surface area (Å²) in [7, 11) is 2.17. The first kappa shape index (κ1) is 17.2. The molecule has 20 heavy (non-hydrogen) atoms. The molecule has 1 aromatic heterocycles. The predicted octanol–water partition coefficient (Wildman–Crippen LogP) is 3.61. The standard InChI is InChI=1S/C15H27ClN4/c1-5-8-14-18-13(16)11-15(19-14)17-9-6-7-10-20(4)12(2)3/h11-12H,5-10H2,1-4H3,(H,17,18,19). The van der Waals surface area contributed by atoms with Gasteiger partial charge in [0.25, 0.3) is 0 Å². The highest BCUT2D eigenvalue weighted by Gasteiger charge is 2.04. The summed E-state index contributed by atoms with van der Waals surface area (Å²) in [5, 5.41) is 3.85. The molecule has 1 aromatic rings. The van der Waals surface area contributed by atoms with E-state index in [0.717, 1.165) is 44.0 Å². The fourth-order valence-corrected chi connectivity index (χ4v) is 2.05. The number of aromatic nitrogens is 2. The van der Waals surface area contributed by atoms with Crippen molar-refractivity contribution in [2.45, 2.75) is 52.5 Å². The third kappa shape index (κ3) is 6.53. The number of nitrogens with zero attached hydrogens (tertiary/aromatic N) is 3. The van der Waals surface area contributed by atoms with Crippen LogP contribution < -0.4 is 5.32 Å². The first-order chi connectivity index (χ1) is 9.52. The molecule has 0 amide bonds. The van der Waals surface area contributed by atoms with E-state index in [1.54, 1.807) is 6.07 Å². The van der Waals surface area contributed by atoms with Gasteiger partial charge in [0.05, 0.1) is 0 Å². The van der Waals surface area contributed by atoms with Crippen molar-refractivity contribution >= 4 is 17.4 Å². The van der Waals surface area contributed by atoms with Crippen LogP contribution in [0.4, 0.5) is 5.82 Å². The second-order valence-corrected chi connectivity index (χ2v) is 5.84. The predicted molar refractivity (Wildman–Crippen MR) is 86.5 cm³/mol. The molecule has 1 N–H and O–H groups in total. The van der Waals surface area contributed by atoms with E-state index in [4.69, 9.17) is 11.6 Å². The number of hydrogen-bond acceptors (Lipinski definition) is 4. The normalized spacial score (nSPS) is 11.3. The van der Waals surface area contributed by atoms with Crippen LogP contribution in [0.3, 0.4) is 0 Å². The summed E-state index contributed by atoms with van der Waals surface area (Å²) >= 11 is 6.00. The van der Waals surface area contributed by atoms with Crippen LogP contribution in [0.1, 0.15) is 45.9 Å². The summed E-state index contributed by atoms with van der Waals surface area (Å²) in [6.45, 7) is 8.60. The lowest BCUT2D eigenvalue weighted by atomic mass is 10.2. The number of unbranched alkanes of at least 4 members (excludes halogenated alkanes) is 1. The van der Waals surface area contributed by atoms with E-state index < -0.39 is 0 Å². The van der Waals surface area contributed by atoms with E-state index in [1.165, 1.54) is 6.42 Å². The molecule has 0 atom stereocenters. The van der Waals surface area contributed by atoms with Gasteiger partial charge in [0.15, 0.2) is 0 Å². The molecule has 0 radical (unpaired) electrons. The average Bonchev–Trinajstić information content (AvgIpc) is 2.37. The van der Waals surface area contributed by atoms with Crippen LogP contribution in [0.15, 0.2) is 6.07 Å². The van der Waals surface area contributed by atoms with Crippen molar-refractivity contribution in [3.05, 3.63) is 17.0 Å². The lowest BCUT2D eigenvalue weighted by Crippen LogP contribution is -2.27. The van der Waals surface area contributed by atoms with Crippen molar-refractivity contribution in [1.82, 2.24) is 14.9 Å². The Labute approximate surface area is 127 Å². The maximum Gasteiger partial charge on any atom is 0.134 e. The number of nitrogens with one attached hydrogen (secondary N) is 1. The number of aryl methyl sites for hydroxylation is 1. The summed E-state index contributed by atoms with van der Waals surface area (Å²) in [6, 6.07) is 2.40. The lowest BCUT2D eigenvalue weighted by molar-refractivity contribution is 0.269. The van der Waals surface area contributed by atoms with Gasteiger partial charge >= 0.3 is 0 Å². The van der Waals surface area contributed by atoms with Gasteiger partial charge in [0.1, 0.15) is 16.8 Å². The molecule has 0 spiro atoms. The van der Waals surface area contributed by atoms with Gasteiger partial charge in [-0.3, -0.25) is 0 Å². The Hall–Kier alpha value is -0.870. The maximum absolute atomic E-state index is 6.00. The maximum atomic E-state index is 6.00. The molecule has 0 aliphatic carbocycles. The molecule has 0 saturated carbocycles. The summed E-state index contributed by atoms with van der Waals surface area (Å²) in [4.78, 5) is 11.0. The number of rotatable bonds is 9. The Balaban J connectivity index is 2.31. The third-order valence-corrected chi connectivity index (χ3v) is 3.53. The first-order valence-electron chi connectivity index (χ1n) is 7.50. The van der Waals surface area contributed by atoms with Crippen LogP contribution in [0.2, 0.25) is 5.15 Å². The molecule has 1 rings (SSSR count). The first-order valence-corrected chi connectivity index (χ1v) is 7.88. The Morgan fingerprint density at radius 3 is 2.70 bits per heavy atom.